The van der Waals surface area contributed by atoms with Crippen LogP contribution < -0.4 is 0 Å². The molecule has 1 unspecified atom stereocenters. The van der Waals surface area contributed by atoms with E-state index in [9.17, 15) is 21.0 Å². The van der Waals surface area contributed by atoms with Crippen LogP contribution in [-0.2, 0) is 40.5 Å². The Morgan fingerprint density at radius 2 is 1.20 bits per heavy atom. The summed E-state index contributed by atoms with van der Waals surface area (Å²) >= 11 is -2.02. The van der Waals surface area contributed by atoms with Crippen LogP contribution in [0.3, 0.4) is 0 Å². The van der Waals surface area contributed by atoms with E-state index < -0.39 is 37.8 Å². The molecule has 0 bridgehead atoms. The summed E-state index contributed by atoms with van der Waals surface area (Å²) < 4.78 is 75.7. The van der Waals surface area contributed by atoms with Gasteiger partial charge in [-0.15, -0.1) is 0 Å². The third kappa shape index (κ3) is 24.8. The lowest BCUT2D eigenvalue weighted by atomic mass is 11.7. The maximum atomic E-state index is 9.51. The molecular weight excluding hydrogens is 284 g/mol. The molecule has 0 aromatic heterocycles. The van der Waals surface area contributed by atoms with Crippen molar-refractivity contribution in [3.05, 3.63) is 0 Å². The minimum atomic E-state index is -5.02. The predicted octanol–water partition coefficient (Wildman–Crippen LogP) is -2.30. The zero-order valence-corrected chi connectivity index (χ0v) is 9.03. The molecule has 0 amide bonds. The third-order valence-electron chi connectivity index (χ3n) is 0.310. The van der Waals surface area contributed by atoms with Crippen LogP contribution in [0.25, 0.3) is 0 Å². The first-order valence-corrected chi connectivity index (χ1v) is 6.49. The van der Waals surface area contributed by atoms with Crippen molar-refractivity contribution in [1.82, 2.24) is 0 Å². The van der Waals surface area contributed by atoms with Gasteiger partial charge in [0.1, 0.15) is 5.94 Å². The number of aliphatic hydroxyl groups is 1. The Hall–Kier alpha value is -0.190. The van der Waals surface area contributed by atoms with E-state index in [1.165, 1.54) is 0 Å². The molecule has 0 fully saturated rings. The summed E-state index contributed by atoms with van der Waals surface area (Å²) in [6.45, 7) is 0. The van der Waals surface area contributed by atoms with Crippen molar-refractivity contribution >= 4 is 31.9 Å². The molecule has 0 heterocycles. The monoisotopic (exact) mass is 290 g/mol. The largest absolute Gasteiger partial charge is 0.425 e. The molecule has 14 heteroatoms. The smallest absolute Gasteiger partial charge is 0.381 e. The Bertz CT molecular complexity index is 340. The Kier molecular flexibility index (Phi) is 8.20. The first-order chi connectivity index (χ1) is 6.48. The highest BCUT2D eigenvalue weighted by molar-refractivity contribution is 7.83. The van der Waals surface area contributed by atoms with E-state index >= 15 is 0 Å². The molecule has 0 aromatic carbocycles. The lowest BCUT2D eigenvalue weighted by Crippen LogP contribution is -2.10. The lowest BCUT2D eigenvalue weighted by Gasteiger charge is -1.92. The van der Waals surface area contributed by atoms with E-state index in [4.69, 9.17) is 18.8 Å². The third-order valence-corrected chi connectivity index (χ3v) is 1.10. The van der Waals surface area contributed by atoms with E-state index in [-0.39, 0.29) is 0 Å². The number of rotatable bonds is 4. The highest BCUT2D eigenvalue weighted by atomic mass is 32.3. The standard InChI is InChI=1S/CH4O3S.H2O8S2/c2-1-5(3)4;1-9(2,3)7-8-10(4,5)6/h2H,1H2,(H,3,4);(H,1,2,3)(H,4,5,6). The van der Waals surface area contributed by atoms with Gasteiger partial charge in [-0.2, -0.15) is 16.8 Å². The number of hydrogen-bond acceptors (Lipinski definition) is 8. The van der Waals surface area contributed by atoms with Crippen molar-refractivity contribution in [2.24, 2.45) is 0 Å². The average Bonchev–Trinajstić information content (AvgIpc) is 2.00. The summed E-state index contributed by atoms with van der Waals surface area (Å²) in [4.78, 5) is 0. The zero-order chi connectivity index (χ0) is 12.7. The molecule has 0 aliphatic carbocycles. The fraction of sp³-hybridized carbons (Fsp3) is 1.00. The van der Waals surface area contributed by atoms with Crippen molar-refractivity contribution in [3.8, 4) is 0 Å². The molecule has 94 valence electrons. The first kappa shape index (κ1) is 17.2. The van der Waals surface area contributed by atoms with Gasteiger partial charge in [0, 0.05) is 0 Å². The SMILES string of the molecule is O=S(=O)(O)OOS(=O)(=O)O.O=S(O)CO. The number of aliphatic hydroxyl groups excluding tert-OH is 1. The summed E-state index contributed by atoms with van der Waals surface area (Å²) in [5, 5.41) is 7.59. The van der Waals surface area contributed by atoms with Crippen molar-refractivity contribution in [2.75, 3.05) is 5.94 Å². The van der Waals surface area contributed by atoms with Gasteiger partial charge in [-0.1, -0.05) is 8.67 Å². The van der Waals surface area contributed by atoms with Crippen LogP contribution in [0.15, 0.2) is 0 Å². The second-order valence-electron chi connectivity index (χ2n) is 1.44. The van der Waals surface area contributed by atoms with Gasteiger partial charge in [-0.25, -0.2) is 4.21 Å². The summed E-state index contributed by atoms with van der Waals surface area (Å²) in [6, 6.07) is 0. The van der Waals surface area contributed by atoms with Gasteiger partial charge in [0.2, 0.25) is 0 Å². The topological polar surface area (TPSA) is 185 Å². The van der Waals surface area contributed by atoms with Crippen LogP contribution in [0.2, 0.25) is 0 Å². The minimum absolute atomic E-state index is 0.667. The van der Waals surface area contributed by atoms with Crippen molar-refractivity contribution in [3.63, 3.8) is 0 Å². The zero-order valence-electron chi connectivity index (χ0n) is 6.58. The Balaban J connectivity index is 0. The van der Waals surface area contributed by atoms with Crippen molar-refractivity contribution in [1.29, 1.82) is 0 Å². The van der Waals surface area contributed by atoms with Gasteiger partial charge < -0.3 is 9.66 Å². The minimum Gasteiger partial charge on any atom is -0.381 e. The van der Waals surface area contributed by atoms with E-state index in [2.05, 4.69) is 8.67 Å². The molecule has 15 heavy (non-hydrogen) atoms. The fourth-order valence-corrected chi connectivity index (χ4v) is 0.632. The molecule has 0 aliphatic rings. The first-order valence-electron chi connectivity index (χ1n) is 2.49. The molecule has 0 spiro atoms. The summed E-state index contributed by atoms with van der Waals surface area (Å²) in [5.41, 5.74) is 0. The maximum Gasteiger partial charge on any atom is 0.425 e. The van der Waals surface area contributed by atoms with Crippen LogP contribution in [0.5, 0.6) is 0 Å². The molecule has 0 saturated carbocycles. The molecule has 11 nitrogen and oxygen atoms in total. The molecular formula is CH6O11S3. The molecule has 1 atom stereocenters. The fourth-order valence-electron chi connectivity index (χ4n) is 0.0702. The van der Waals surface area contributed by atoms with Crippen molar-refractivity contribution < 1.29 is 48.5 Å². The highest BCUT2D eigenvalue weighted by Gasteiger charge is 2.13. The van der Waals surface area contributed by atoms with Gasteiger partial charge >= 0.3 is 20.8 Å². The van der Waals surface area contributed by atoms with Gasteiger partial charge in [-0.3, -0.25) is 9.11 Å². The molecule has 0 aromatic rings. The van der Waals surface area contributed by atoms with Crippen LogP contribution >= 0.6 is 0 Å². The quantitative estimate of drug-likeness (QED) is 0.189. The lowest BCUT2D eigenvalue weighted by molar-refractivity contribution is -0.105. The molecule has 4 N–H and O–H groups in total. The number of hydrogen-bond donors (Lipinski definition) is 4. The van der Waals surface area contributed by atoms with Crippen LogP contribution in [-0.4, -0.2) is 45.7 Å². The molecule has 0 radical (unpaired) electrons. The second kappa shape index (κ2) is 7.14. The van der Waals surface area contributed by atoms with Gasteiger partial charge in [0.15, 0.2) is 11.1 Å². The highest BCUT2D eigenvalue weighted by Crippen LogP contribution is 1.92. The van der Waals surface area contributed by atoms with Gasteiger partial charge in [0.25, 0.3) is 0 Å². The second-order valence-corrected chi connectivity index (χ2v) is 4.33. The van der Waals surface area contributed by atoms with Crippen molar-refractivity contribution in [2.45, 2.75) is 0 Å². The van der Waals surface area contributed by atoms with Gasteiger partial charge in [0.05, 0.1) is 0 Å². The summed E-state index contributed by atoms with van der Waals surface area (Å²) in [7, 11) is -10.0. The molecule has 0 saturated heterocycles. The van der Waals surface area contributed by atoms with E-state index in [0.29, 0.717) is 0 Å². The maximum absolute atomic E-state index is 9.51. The molecule has 0 rings (SSSR count). The van der Waals surface area contributed by atoms with E-state index in [1.54, 1.807) is 0 Å². The van der Waals surface area contributed by atoms with E-state index in [0.717, 1.165) is 0 Å². The summed E-state index contributed by atoms with van der Waals surface area (Å²) in [5.74, 6) is -0.667. The van der Waals surface area contributed by atoms with Crippen LogP contribution in [0.1, 0.15) is 0 Å². The normalized spacial score (nSPS) is 13.9. The Morgan fingerprint density at radius 3 is 1.27 bits per heavy atom. The predicted molar refractivity (Wildman–Crippen MR) is 43.1 cm³/mol. The average molecular weight is 290 g/mol. The Labute approximate surface area is 86.7 Å². The van der Waals surface area contributed by atoms with Crippen LogP contribution in [0, 0.1) is 0 Å². The summed E-state index contributed by atoms with van der Waals surface area (Å²) in [6.07, 6.45) is 0. The van der Waals surface area contributed by atoms with E-state index in [1.807, 2.05) is 0 Å². The van der Waals surface area contributed by atoms with Gasteiger partial charge in [-0.05, 0) is 0 Å². The Morgan fingerprint density at radius 1 is 1.00 bits per heavy atom. The van der Waals surface area contributed by atoms with Crippen LogP contribution in [0.4, 0.5) is 0 Å². The molecule has 0 aliphatic heterocycles.